The van der Waals surface area contributed by atoms with Crippen LogP contribution in [0.1, 0.15) is 53.1 Å². The van der Waals surface area contributed by atoms with E-state index in [2.05, 4.69) is 189 Å². The molecule has 0 unspecified atom stereocenters. The van der Waals surface area contributed by atoms with Crippen LogP contribution < -0.4 is 0 Å². The van der Waals surface area contributed by atoms with Gasteiger partial charge in [-0.25, -0.2) is 0 Å². The Bertz CT molecular complexity index is 2420. The van der Waals surface area contributed by atoms with Gasteiger partial charge >= 0.3 is 30.2 Å². The Morgan fingerprint density at radius 1 is 0.463 bits per heavy atom. The molecule has 0 fully saturated rings. The molecule has 0 saturated heterocycles. The van der Waals surface area contributed by atoms with Gasteiger partial charge in [0, 0.05) is 0 Å². The van der Waals surface area contributed by atoms with Gasteiger partial charge in [0.25, 0.3) is 0 Å². The fourth-order valence-electron chi connectivity index (χ4n) is 7.43. The van der Waals surface area contributed by atoms with Crippen molar-refractivity contribution in [2.24, 2.45) is 0 Å². The van der Waals surface area contributed by atoms with Crippen LogP contribution in [0.15, 0.2) is 133 Å². The van der Waals surface area contributed by atoms with Crippen molar-refractivity contribution < 1.29 is 23.3 Å². The first kappa shape index (κ1) is 46.6. The molecule has 2 radical (unpaired) electrons. The first-order valence-electron chi connectivity index (χ1n) is 17.4. The molecule has 278 valence electrons. The van der Waals surface area contributed by atoms with Gasteiger partial charge in [0.05, 0.1) is 0 Å². The normalized spacial score (nSPS) is 10.2. The maximum atomic E-state index is 3.06. The van der Waals surface area contributed by atoms with Gasteiger partial charge in [0.15, 0.2) is 0 Å². The standard InChI is InChI=1S/C26H25.C22H19.2CH3.2ClH.Si.Zr/c1-16-6-17(2)9-21(8-16)22-14-24-12-20(5)13-25(24)26(15-22)23-10-18(3)7-19(4)11-23;1-15(2)18-13-17-9-6-12-21(22(17)14-18)20-11-5-8-16-7-3-4-10-19(16)20;;;;;;/h6-15H,1-5H3;3-15H,1-2H3;2*1H3;2*1H;;/q4*-1;;;;. The van der Waals surface area contributed by atoms with Crippen LogP contribution in [0.2, 0.25) is 0 Å². The molecule has 0 N–H and O–H groups in total. The Labute approximate surface area is 354 Å². The quantitative estimate of drug-likeness (QED) is 0.122. The van der Waals surface area contributed by atoms with Crippen molar-refractivity contribution in [3.8, 4) is 33.4 Å². The molecule has 0 saturated carbocycles. The molecule has 0 nitrogen and oxygen atoms in total. The molecule has 0 spiro atoms. The van der Waals surface area contributed by atoms with Crippen molar-refractivity contribution in [3.63, 3.8) is 0 Å². The predicted molar refractivity (Wildman–Crippen MR) is 244 cm³/mol. The number of hydrogen-bond acceptors (Lipinski definition) is 0. The van der Waals surface area contributed by atoms with Crippen LogP contribution in [0, 0.1) is 49.5 Å². The van der Waals surface area contributed by atoms with E-state index < -0.39 is 0 Å². The second kappa shape index (κ2) is 20.4. The van der Waals surface area contributed by atoms with Gasteiger partial charge in [-0.05, 0) is 61.1 Å². The number of benzene rings is 6. The Kier molecular flexibility index (Phi) is 17.6. The second-order valence-electron chi connectivity index (χ2n) is 14.1. The minimum atomic E-state index is 0. The number of fused-ring (bicyclic) bond motifs is 3. The first-order valence-corrected chi connectivity index (χ1v) is 21.6. The molecule has 0 aliphatic carbocycles. The van der Waals surface area contributed by atoms with Crippen LogP contribution in [0.5, 0.6) is 0 Å². The van der Waals surface area contributed by atoms with Gasteiger partial charge in [-0.1, -0.05) is 151 Å². The van der Waals surface area contributed by atoms with Gasteiger partial charge in [-0.3, -0.25) is 0 Å². The van der Waals surface area contributed by atoms with Gasteiger partial charge in [-0.15, -0.1) is 87.8 Å². The number of aryl methyl sites for hydroxylation is 5. The van der Waals surface area contributed by atoms with Crippen LogP contribution in [0.3, 0.4) is 0 Å². The predicted octanol–water partition coefficient (Wildman–Crippen LogP) is 15.3. The molecule has 0 bridgehead atoms. The van der Waals surface area contributed by atoms with E-state index in [1.54, 1.807) is 0 Å². The molecule has 8 aromatic rings. The van der Waals surface area contributed by atoms with Crippen molar-refractivity contribution >= 4 is 64.0 Å². The zero-order chi connectivity index (χ0) is 35.5. The van der Waals surface area contributed by atoms with E-state index in [1.165, 1.54) is 122 Å². The Morgan fingerprint density at radius 3 is 1.57 bits per heavy atom. The molecule has 0 aliphatic rings. The van der Waals surface area contributed by atoms with Crippen LogP contribution >= 0.6 is 24.8 Å². The molecular formula is C50H52Cl2SiZr-4. The van der Waals surface area contributed by atoms with Gasteiger partial charge in [-0.2, -0.15) is 12.1 Å². The van der Waals surface area contributed by atoms with E-state index in [0.717, 1.165) is 0 Å². The molecule has 0 aliphatic heterocycles. The number of halogens is 2. The maximum absolute atomic E-state index is 3.06. The van der Waals surface area contributed by atoms with E-state index in [-0.39, 0.29) is 39.7 Å². The third-order valence-corrected chi connectivity index (χ3v) is 9.57. The molecule has 0 heterocycles. The van der Waals surface area contributed by atoms with Crippen molar-refractivity contribution in [2.75, 3.05) is 0 Å². The summed E-state index contributed by atoms with van der Waals surface area (Å²) in [5, 5.41) is 8.00. The van der Waals surface area contributed by atoms with Gasteiger partial charge in [0.2, 0.25) is 0 Å². The van der Waals surface area contributed by atoms with Crippen molar-refractivity contribution in [2.45, 2.75) is 54.4 Å². The Morgan fingerprint density at radius 2 is 0.963 bits per heavy atom. The SMILES string of the molecule is CC(C)c1cc2c(-c3cccc4ccccc34)cccc2[cH-]1.Cc1cc(C)cc(-c2cc(-c3cc(C)cc(C)c3)c3cc(C)[cH-]c3c2)c1.Cl.Cl.[CH3-].[CH3-].[Si]=[Zr]. The summed E-state index contributed by atoms with van der Waals surface area (Å²) in [5.74, 6) is 0.563. The third-order valence-electron chi connectivity index (χ3n) is 9.57. The molecule has 54 heavy (non-hydrogen) atoms. The van der Waals surface area contributed by atoms with Crippen molar-refractivity contribution in [3.05, 3.63) is 182 Å². The number of rotatable bonds is 4. The van der Waals surface area contributed by atoms with Crippen LogP contribution in [-0.2, 0) is 23.3 Å². The number of hydrogen-bond donors (Lipinski definition) is 0. The van der Waals surface area contributed by atoms with E-state index >= 15 is 0 Å². The van der Waals surface area contributed by atoms with E-state index in [9.17, 15) is 0 Å². The molecular weight excluding hydrogens is 791 g/mol. The van der Waals surface area contributed by atoms with Crippen molar-refractivity contribution in [1.29, 1.82) is 0 Å². The fourth-order valence-corrected chi connectivity index (χ4v) is 7.43. The third kappa shape index (κ3) is 10.2. The summed E-state index contributed by atoms with van der Waals surface area (Å²) < 4.78 is 0. The molecule has 4 heteroatoms. The molecule has 8 aromatic carbocycles. The molecule has 8 rings (SSSR count). The van der Waals surface area contributed by atoms with Crippen molar-refractivity contribution in [1.82, 2.24) is 0 Å². The zero-order valence-electron chi connectivity index (χ0n) is 33.1. The van der Waals surface area contributed by atoms with E-state index in [0.29, 0.717) is 5.92 Å². The van der Waals surface area contributed by atoms with Crippen LogP contribution in [0.4, 0.5) is 0 Å². The average molecular weight is 843 g/mol. The molecule has 0 amide bonds. The topological polar surface area (TPSA) is 0 Å². The average Bonchev–Trinajstić information content (AvgIpc) is 3.71. The summed E-state index contributed by atoms with van der Waals surface area (Å²) >= 11 is 1.36. The van der Waals surface area contributed by atoms with Crippen LogP contribution in [0.25, 0.3) is 65.7 Å². The first-order chi connectivity index (χ1) is 24.1. The summed E-state index contributed by atoms with van der Waals surface area (Å²) in [6.07, 6.45) is 0. The summed E-state index contributed by atoms with van der Waals surface area (Å²) in [7, 11) is 0. The summed E-state index contributed by atoms with van der Waals surface area (Å²) in [4.78, 5) is 0. The fraction of sp³-hybridized carbons (Fsp3) is 0.160. The summed E-state index contributed by atoms with van der Waals surface area (Å²) in [5.41, 5.74) is 15.9. The monoisotopic (exact) mass is 840 g/mol. The Hall–Kier alpha value is -3.52. The van der Waals surface area contributed by atoms with Gasteiger partial charge < -0.3 is 14.9 Å². The van der Waals surface area contributed by atoms with E-state index in [1.807, 2.05) is 0 Å². The summed E-state index contributed by atoms with van der Waals surface area (Å²) in [6, 6.07) is 49.5. The Balaban J connectivity index is 0.000000337. The van der Waals surface area contributed by atoms with Crippen LogP contribution in [-0.4, -0.2) is 6.88 Å². The molecule has 0 atom stereocenters. The zero-order valence-corrected chi connectivity index (χ0v) is 38.2. The van der Waals surface area contributed by atoms with Gasteiger partial charge in [0.1, 0.15) is 0 Å². The minimum absolute atomic E-state index is 0. The second-order valence-corrected chi connectivity index (χ2v) is 14.1. The molecule has 0 aromatic heterocycles. The summed E-state index contributed by atoms with van der Waals surface area (Å²) in [6.45, 7) is 18.5. The van der Waals surface area contributed by atoms with E-state index in [4.69, 9.17) is 0 Å².